The molecule has 0 aliphatic carbocycles. The molecule has 0 radical (unpaired) electrons. The summed E-state index contributed by atoms with van der Waals surface area (Å²) < 4.78 is 1.73. The fourth-order valence-electron chi connectivity index (χ4n) is 1.45. The number of nitrogens with zero attached hydrogens (tertiary/aromatic N) is 4. The second-order valence-corrected chi connectivity index (χ2v) is 4.60. The molecule has 0 aliphatic heterocycles. The maximum absolute atomic E-state index is 7.14. The van der Waals surface area contributed by atoms with Gasteiger partial charge < -0.3 is 5.73 Å². The lowest BCUT2D eigenvalue weighted by Crippen LogP contribution is -2.06. The molecule has 2 heterocycles. The molecule has 0 fully saturated rings. The third-order valence-electron chi connectivity index (χ3n) is 2.07. The number of aromatic nitrogens is 4. The first kappa shape index (κ1) is 14.5. The van der Waals surface area contributed by atoms with E-state index in [9.17, 15) is 0 Å². The van der Waals surface area contributed by atoms with E-state index in [-0.39, 0.29) is 17.6 Å². The smallest absolute Gasteiger partial charge is 0.175 e. The van der Waals surface area contributed by atoms with Crippen LogP contribution in [0.2, 0.25) is 0 Å². The van der Waals surface area contributed by atoms with E-state index in [1.54, 1.807) is 16.8 Å². The lowest BCUT2D eigenvalue weighted by Gasteiger charge is -2.02. The third-order valence-corrected chi connectivity index (χ3v) is 2.71. The van der Waals surface area contributed by atoms with Crippen LogP contribution < -0.4 is 5.73 Å². The van der Waals surface area contributed by atoms with Crippen molar-refractivity contribution >= 4 is 29.3 Å². The zero-order valence-electron chi connectivity index (χ0n) is 9.91. The number of thioether (sulfide) groups is 1. The largest absolute Gasteiger partial charge is 0.378 e. The molecule has 8 heteroatoms. The number of aryl methyl sites for hydroxylation is 2. The Kier molecular flexibility index (Phi) is 4.69. The minimum Gasteiger partial charge on any atom is -0.378 e. The molecule has 0 spiro atoms. The van der Waals surface area contributed by atoms with Crippen LogP contribution in [0.15, 0.2) is 23.2 Å². The molecule has 0 unspecified atom stereocenters. The summed E-state index contributed by atoms with van der Waals surface area (Å²) in [5.41, 5.74) is 7.20. The van der Waals surface area contributed by atoms with Crippen molar-refractivity contribution in [1.82, 2.24) is 20.0 Å². The van der Waals surface area contributed by atoms with Crippen LogP contribution in [0.1, 0.15) is 11.4 Å². The standard InChI is InChI=1S/C10H12N6S.ClH/c1-6-5-7(2)16(15-6)8-3-4-9(14-13-8)17-10(11)12;/h3-5H,1-2H3,(H3,11,12);1H. The van der Waals surface area contributed by atoms with Crippen molar-refractivity contribution in [2.24, 2.45) is 5.73 Å². The Bertz CT molecular complexity index is 550. The summed E-state index contributed by atoms with van der Waals surface area (Å²) in [4.78, 5) is 0. The van der Waals surface area contributed by atoms with E-state index < -0.39 is 0 Å². The van der Waals surface area contributed by atoms with Crippen LogP contribution in [-0.4, -0.2) is 25.1 Å². The van der Waals surface area contributed by atoms with Crippen LogP contribution in [-0.2, 0) is 0 Å². The lowest BCUT2D eigenvalue weighted by molar-refractivity contribution is 0.766. The number of nitrogens with one attached hydrogen (secondary N) is 1. The van der Waals surface area contributed by atoms with Crippen molar-refractivity contribution in [3.05, 3.63) is 29.6 Å². The molecular weight excluding hydrogens is 272 g/mol. The normalized spacial score (nSPS) is 9.89. The predicted octanol–water partition coefficient (Wildman–Crippen LogP) is 1.69. The molecule has 0 atom stereocenters. The SMILES string of the molecule is Cc1cc(C)n(-c2ccc(SC(=N)N)nn2)n1.Cl. The zero-order valence-corrected chi connectivity index (χ0v) is 11.5. The molecular formula is C10H13ClN6S. The highest BCUT2D eigenvalue weighted by molar-refractivity contribution is 8.13. The van der Waals surface area contributed by atoms with Gasteiger partial charge >= 0.3 is 0 Å². The van der Waals surface area contributed by atoms with Gasteiger partial charge in [0.1, 0.15) is 5.03 Å². The van der Waals surface area contributed by atoms with E-state index in [0.29, 0.717) is 10.8 Å². The molecule has 0 bridgehead atoms. The molecule has 0 saturated carbocycles. The van der Waals surface area contributed by atoms with Crippen molar-refractivity contribution in [2.45, 2.75) is 18.9 Å². The summed E-state index contributed by atoms with van der Waals surface area (Å²) in [5.74, 6) is 0.656. The number of amidine groups is 1. The summed E-state index contributed by atoms with van der Waals surface area (Å²) in [6, 6.07) is 5.54. The van der Waals surface area contributed by atoms with E-state index in [4.69, 9.17) is 11.1 Å². The van der Waals surface area contributed by atoms with Crippen LogP contribution in [0.25, 0.3) is 5.82 Å². The van der Waals surface area contributed by atoms with Crippen LogP contribution >= 0.6 is 24.2 Å². The number of nitrogens with two attached hydrogens (primary N) is 1. The average Bonchev–Trinajstić information content (AvgIpc) is 2.58. The molecule has 0 saturated heterocycles. The molecule has 0 amide bonds. The molecule has 2 aromatic heterocycles. The van der Waals surface area contributed by atoms with Gasteiger partial charge in [-0.25, -0.2) is 4.68 Å². The van der Waals surface area contributed by atoms with Gasteiger partial charge in [0.2, 0.25) is 0 Å². The topological polar surface area (TPSA) is 93.5 Å². The van der Waals surface area contributed by atoms with Gasteiger partial charge in [-0.3, -0.25) is 5.41 Å². The van der Waals surface area contributed by atoms with Crippen molar-refractivity contribution in [1.29, 1.82) is 5.41 Å². The highest BCUT2D eigenvalue weighted by Crippen LogP contribution is 2.15. The van der Waals surface area contributed by atoms with Gasteiger partial charge in [0, 0.05) is 5.69 Å². The maximum Gasteiger partial charge on any atom is 0.175 e. The van der Waals surface area contributed by atoms with E-state index in [1.165, 1.54) is 0 Å². The summed E-state index contributed by atoms with van der Waals surface area (Å²) in [6.07, 6.45) is 0. The van der Waals surface area contributed by atoms with Crippen LogP contribution in [0.4, 0.5) is 0 Å². The van der Waals surface area contributed by atoms with Crippen molar-refractivity contribution in [3.63, 3.8) is 0 Å². The molecule has 0 aliphatic rings. The molecule has 96 valence electrons. The van der Waals surface area contributed by atoms with Gasteiger partial charge in [-0.15, -0.1) is 22.6 Å². The summed E-state index contributed by atoms with van der Waals surface area (Å²) in [5, 5.41) is 20.1. The lowest BCUT2D eigenvalue weighted by atomic mass is 10.4. The fourth-order valence-corrected chi connectivity index (χ4v) is 1.90. The maximum atomic E-state index is 7.14. The third kappa shape index (κ3) is 3.21. The Morgan fingerprint density at radius 2 is 2.06 bits per heavy atom. The molecule has 2 rings (SSSR count). The number of hydrogen-bond donors (Lipinski definition) is 2. The highest BCUT2D eigenvalue weighted by atomic mass is 35.5. The summed E-state index contributed by atoms with van der Waals surface area (Å²) >= 11 is 1.07. The summed E-state index contributed by atoms with van der Waals surface area (Å²) in [7, 11) is 0. The van der Waals surface area contributed by atoms with Gasteiger partial charge in [0.15, 0.2) is 11.0 Å². The van der Waals surface area contributed by atoms with Crippen LogP contribution in [0.3, 0.4) is 0 Å². The number of rotatable bonds is 2. The Labute approximate surface area is 115 Å². The highest BCUT2D eigenvalue weighted by Gasteiger charge is 2.06. The van der Waals surface area contributed by atoms with E-state index in [0.717, 1.165) is 23.1 Å². The molecule has 0 aromatic carbocycles. The summed E-state index contributed by atoms with van der Waals surface area (Å²) in [6.45, 7) is 3.89. The first-order valence-electron chi connectivity index (χ1n) is 4.95. The van der Waals surface area contributed by atoms with Gasteiger partial charge in [0.25, 0.3) is 0 Å². The molecule has 2 aromatic rings. The van der Waals surface area contributed by atoms with Crippen molar-refractivity contribution in [2.75, 3.05) is 0 Å². The Morgan fingerprint density at radius 3 is 2.50 bits per heavy atom. The second-order valence-electron chi connectivity index (χ2n) is 3.53. The van der Waals surface area contributed by atoms with Gasteiger partial charge in [-0.2, -0.15) is 5.10 Å². The molecule has 18 heavy (non-hydrogen) atoms. The number of hydrogen-bond acceptors (Lipinski definition) is 5. The Balaban J connectivity index is 0.00000162. The average molecular weight is 285 g/mol. The van der Waals surface area contributed by atoms with Gasteiger partial charge in [0.05, 0.1) is 5.69 Å². The zero-order chi connectivity index (χ0) is 12.4. The molecule has 3 N–H and O–H groups in total. The van der Waals surface area contributed by atoms with Gasteiger partial charge in [-0.1, -0.05) is 0 Å². The van der Waals surface area contributed by atoms with Crippen molar-refractivity contribution < 1.29 is 0 Å². The fraction of sp³-hybridized carbons (Fsp3) is 0.200. The Hall–Kier alpha value is -1.60. The first-order chi connectivity index (χ1) is 8.06. The first-order valence-corrected chi connectivity index (χ1v) is 5.77. The van der Waals surface area contributed by atoms with E-state index >= 15 is 0 Å². The van der Waals surface area contributed by atoms with Crippen molar-refractivity contribution in [3.8, 4) is 5.82 Å². The van der Waals surface area contributed by atoms with Crippen LogP contribution in [0.5, 0.6) is 0 Å². The quantitative estimate of drug-likeness (QED) is 0.497. The predicted molar refractivity (Wildman–Crippen MR) is 73.6 cm³/mol. The Morgan fingerprint density at radius 1 is 1.33 bits per heavy atom. The van der Waals surface area contributed by atoms with Gasteiger partial charge in [-0.05, 0) is 43.8 Å². The van der Waals surface area contributed by atoms with Crippen LogP contribution in [0, 0.1) is 19.3 Å². The monoisotopic (exact) mass is 284 g/mol. The second kappa shape index (κ2) is 5.83. The van der Waals surface area contributed by atoms with E-state index in [2.05, 4.69) is 15.3 Å². The van der Waals surface area contributed by atoms with E-state index in [1.807, 2.05) is 19.9 Å². The number of halogens is 1. The minimum absolute atomic E-state index is 0. The minimum atomic E-state index is -0.00170. The molecule has 6 nitrogen and oxygen atoms in total.